The molecule has 1 atom stereocenters. The highest BCUT2D eigenvalue weighted by atomic mass is 32.1. The van der Waals surface area contributed by atoms with Gasteiger partial charge >= 0.3 is 6.18 Å². The van der Waals surface area contributed by atoms with E-state index in [9.17, 15) is 18.0 Å². The Bertz CT molecular complexity index is 523. The van der Waals surface area contributed by atoms with Crippen molar-refractivity contribution in [3.05, 3.63) is 5.82 Å². The van der Waals surface area contributed by atoms with Gasteiger partial charge in [-0.15, -0.1) is 0 Å². The molecule has 0 bridgehead atoms. The van der Waals surface area contributed by atoms with Crippen LogP contribution in [0.4, 0.5) is 18.3 Å². The molecule has 1 fully saturated rings. The van der Waals surface area contributed by atoms with Gasteiger partial charge in [0.25, 0.3) is 0 Å². The topological polar surface area (TPSA) is 58.1 Å². The molecule has 0 radical (unpaired) electrons. The van der Waals surface area contributed by atoms with E-state index in [1.54, 1.807) is 0 Å². The van der Waals surface area contributed by atoms with Gasteiger partial charge < -0.3 is 10.2 Å². The Morgan fingerprint density at radius 3 is 2.57 bits per heavy atom. The zero-order valence-electron chi connectivity index (χ0n) is 12.0. The Labute approximate surface area is 124 Å². The van der Waals surface area contributed by atoms with E-state index in [0.29, 0.717) is 17.4 Å². The Hall–Kier alpha value is -1.38. The predicted molar refractivity (Wildman–Crippen MR) is 73.3 cm³/mol. The minimum absolute atomic E-state index is 0.0982. The van der Waals surface area contributed by atoms with Crippen LogP contribution in [0.3, 0.4) is 0 Å². The molecule has 1 unspecified atom stereocenters. The summed E-state index contributed by atoms with van der Waals surface area (Å²) in [6.07, 6.45) is -4.04. The Kier molecular flexibility index (Phi) is 4.14. The molecule has 9 heteroatoms. The molecule has 1 aliphatic heterocycles. The number of anilines is 1. The highest BCUT2D eigenvalue weighted by Gasteiger charge is 2.39. The van der Waals surface area contributed by atoms with Crippen LogP contribution in [0.2, 0.25) is 0 Å². The molecule has 1 aliphatic rings. The number of likely N-dealkylation sites (tertiary alicyclic amines) is 1. The van der Waals surface area contributed by atoms with Crippen molar-refractivity contribution in [2.24, 2.45) is 0 Å². The first-order chi connectivity index (χ1) is 9.56. The van der Waals surface area contributed by atoms with Gasteiger partial charge in [0.05, 0.1) is 0 Å². The van der Waals surface area contributed by atoms with Gasteiger partial charge in [0.15, 0.2) is 0 Å². The van der Waals surface area contributed by atoms with Crippen molar-refractivity contribution in [3.63, 3.8) is 0 Å². The van der Waals surface area contributed by atoms with Crippen molar-refractivity contribution in [1.29, 1.82) is 0 Å². The number of amides is 1. The number of aromatic nitrogens is 2. The smallest absolute Gasteiger partial charge is 0.348 e. The first-order valence-electron chi connectivity index (χ1n) is 6.52. The lowest BCUT2D eigenvalue weighted by Gasteiger charge is -2.18. The van der Waals surface area contributed by atoms with Crippen molar-refractivity contribution >= 4 is 22.6 Å². The largest absolute Gasteiger partial charge is 0.406 e. The summed E-state index contributed by atoms with van der Waals surface area (Å²) in [6.45, 7) is 4.79. The molecule has 0 spiro atoms. The van der Waals surface area contributed by atoms with Crippen molar-refractivity contribution in [3.8, 4) is 0 Å². The zero-order chi connectivity index (χ0) is 15.8. The standard InChI is InChI=1S/C12H17F3N4OS/c1-11(2,3)9-17-10(21-18-9)16-7-4-5-19(8(7)20)6-12(13,14)15/h7H,4-6H2,1-3H3,(H,16,17,18). The van der Waals surface area contributed by atoms with Crippen molar-refractivity contribution in [2.45, 2.75) is 44.8 Å². The molecule has 0 aromatic carbocycles. The van der Waals surface area contributed by atoms with E-state index >= 15 is 0 Å². The van der Waals surface area contributed by atoms with E-state index in [4.69, 9.17) is 0 Å². The van der Waals surface area contributed by atoms with Crippen LogP contribution in [0.15, 0.2) is 0 Å². The van der Waals surface area contributed by atoms with E-state index < -0.39 is 24.7 Å². The first-order valence-corrected chi connectivity index (χ1v) is 7.30. The fraction of sp³-hybridized carbons (Fsp3) is 0.750. The number of hydrogen-bond acceptors (Lipinski definition) is 5. The predicted octanol–water partition coefficient (Wildman–Crippen LogP) is 2.41. The van der Waals surface area contributed by atoms with Gasteiger partial charge in [-0.05, 0) is 6.42 Å². The van der Waals surface area contributed by atoms with Crippen molar-refractivity contribution in [2.75, 3.05) is 18.4 Å². The maximum atomic E-state index is 12.3. The van der Waals surface area contributed by atoms with Crippen LogP contribution >= 0.6 is 11.5 Å². The van der Waals surface area contributed by atoms with Crippen LogP contribution in [0.1, 0.15) is 33.0 Å². The van der Waals surface area contributed by atoms with Crippen LogP contribution < -0.4 is 5.32 Å². The number of nitrogens with zero attached hydrogens (tertiary/aromatic N) is 3. The fourth-order valence-corrected chi connectivity index (χ4v) is 2.79. The second-order valence-corrected chi connectivity index (χ2v) is 6.79. The first kappa shape index (κ1) is 16.0. The number of carbonyl (C=O) groups excluding carboxylic acids is 1. The molecule has 5 nitrogen and oxygen atoms in total. The molecule has 1 N–H and O–H groups in total. The summed E-state index contributed by atoms with van der Waals surface area (Å²) in [4.78, 5) is 17.0. The molecule has 1 aromatic heterocycles. The van der Waals surface area contributed by atoms with E-state index in [0.717, 1.165) is 16.4 Å². The second kappa shape index (κ2) is 5.43. The lowest BCUT2D eigenvalue weighted by molar-refractivity contribution is -0.157. The number of carbonyl (C=O) groups is 1. The summed E-state index contributed by atoms with van der Waals surface area (Å²) >= 11 is 1.11. The maximum absolute atomic E-state index is 12.3. The average molecular weight is 322 g/mol. The van der Waals surface area contributed by atoms with E-state index in [2.05, 4.69) is 14.7 Å². The van der Waals surface area contributed by atoms with E-state index in [1.807, 2.05) is 20.8 Å². The molecule has 118 valence electrons. The minimum Gasteiger partial charge on any atom is -0.348 e. The van der Waals surface area contributed by atoms with E-state index in [-0.39, 0.29) is 12.0 Å². The molecular formula is C12H17F3N4OS. The number of rotatable bonds is 3. The molecular weight excluding hydrogens is 305 g/mol. The van der Waals surface area contributed by atoms with Crippen LogP contribution in [0.5, 0.6) is 0 Å². The molecule has 1 saturated heterocycles. The lowest BCUT2D eigenvalue weighted by atomic mass is 9.96. The third kappa shape index (κ3) is 4.05. The second-order valence-electron chi connectivity index (χ2n) is 6.03. The number of alkyl halides is 3. The van der Waals surface area contributed by atoms with Crippen LogP contribution in [-0.4, -0.2) is 45.5 Å². The fourth-order valence-electron chi connectivity index (χ4n) is 1.98. The van der Waals surface area contributed by atoms with E-state index in [1.165, 1.54) is 0 Å². The summed E-state index contributed by atoms with van der Waals surface area (Å²) in [5.74, 6) is 0.104. The Morgan fingerprint density at radius 2 is 2.05 bits per heavy atom. The van der Waals surface area contributed by atoms with Gasteiger partial charge in [-0.2, -0.15) is 17.5 Å². The molecule has 21 heavy (non-hydrogen) atoms. The van der Waals surface area contributed by atoms with Gasteiger partial charge in [0.1, 0.15) is 18.4 Å². The zero-order valence-corrected chi connectivity index (χ0v) is 12.8. The summed E-state index contributed by atoms with van der Waals surface area (Å²) in [5.41, 5.74) is -0.210. The van der Waals surface area contributed by atoms with Gasteiger partial charge in [-0.1, -0.05) is 20.8 Å². The van der Waals surface area contributed by atoms with Crippen molar-refractivity contribution < 1.29 is 18.0 Å². The van der Waals surface area contributed by atoms with Crippen LogP contribution in [0.25, 0.3) is 0 Å². The minimum atomic E-state index is -4.37. The van der Waals surface area contributed by atoms with Crippen LogP contribution in [-0.2, 0) is 10.2 Å². The Morgan fingerprint density at radius 1 is 1.38 bits per heavy atom. The Balaban J connectivity index is 1.98. The van der Waals surface area contributed by atoms with Gasteiger partial charge in [-0.3, -0.25) is 4.79 Å². The summed E-state index contributed by atoms with van der Waals surface area (Å²) in [7, 11) is 0. The third-order valence-electron chi connectivity index (χ3n) is 3.06. The normalized spacial score (nSPS) is 20.2. The number of nitrogens with one attached hydrogen (secondary N) is 1. The summed E-state index contributed by atoms with van der Waals surface area (Å²) in [6, 6.07) is -0.659. The number of halogens is 3. The molecule has 0 aliphatic carbocycles. The van der Waals surface area contributed by atoms with Gasteiger partial charge in [0.2, 0.25) is 11.0 Å². The molecule has 2 heterocycles. The van der Waals surface area contributed by atoms with Crippen LogP contribution in [0, 0.1) is 0 Å². The highest BCUT2D eigenvalue weighted by molar-refractivity contribution is 7.09. The van der Waals surface area contributed by atoms with Crippen molar-refractivity contribution in [1.82, 2.24) is 14.3 Å². The molecule has 1 amide bonds. The quantitative estimate of drug-likeness (QED) is 0.928. The third-order valence-corrected chi connectivity index (χ3v) is 3.71. The maximum Gasteiger partial charge on any atom is 0.406 e. The summed E-state index contributed by atoms with van der Waals surface area (Å²) in [5, 5.41) is 3.35. The van der Waals surface area contributed by atoms with Gasteiger partial charge in [0, 0.05) is 23.5 Å². The number of hydrogen-bond donors (Lipinski definition) is 1. The molecule has 2 rings (SSSR count). The SMILES string of the molecule is CC(C)(C)c1nsc(NC2CCN(CC(F)(F)F)C2=O)n1. The molecule has 0 saturated carbocycles. The lowest BCUT2D eigenvalue weighted by Crippen LogP contribution is -2.39. The summed E-state index contributed by atoms with van der Waals surface area (Å²) < 4.78 is 41.2. The monoisotopic (exact) mass is 322 g/mol. The highest BCUT2D eigenvalue weighted by Crippen LogP contribution is 2.26. The van der Waals surface area contributed by atoms with Gasteiger partial charge in [-0.25, -0.2) is 4.98 Å². The molecule has 1 aromatic rings. The average Bonchev–Trinajstić information content (AvgIpc) is 2.89.